The first-order valence-corrected chi connectivity index (χ1v) is 8.78. The molecule has 1 aliphatic rings. The van der Waals surface area contributed by atoms with Gasteiger partial charge >= 0.3 is 0 Å². The molecule has 0 saturated carbocycles. The van der Waals surface area contributed by atoms with Crippen LogP contribution >= 0.6 is 0 Å². The van der Waals surface area contributed by atoms with Crippen LogP contribution in [0, 0.1) is 0 Å². The molecular formula is C20H24N4O3. The highest BCUT2D eigenvalue weighted by atomic mass is 16.5. The largest absolute Gasteiger partial charge is 0.484 e. The van der Waals surface area contributed by atoms with Gasteiger partial charge in [-0.2, -0.15) is 0 Å². The number of anilines is 1. The number of likely N-dealkylation sites (N-methyl/N-ethyl adjacent to an activating group) is 1. The molecule has 0 saturated heterocycles. The number of nitrogens with one attached hydrogen (secondary N) is 2. The Bertz CT molecular complexity index is 865. The van der Waals surface area contributed by atoms with Gasteiger partial charge in [0.25, 0.3) is 11.8 Å². The zero-order valence-corrected chi connectivity index (χ0v) is 16.0. The number of fused-ring (bicyclic) bond motifs is 1. The van der Waals surface area contributed by atoms with E-state index in [-0.39, 0.29) is 23.0 Å². The van der Waals surface area contributed by atoms with E-state index < -0.39 is 0 Å². The number of amides is 2. The standard InChI is InChI=1S/C20H24N4O3/c1-20(2)12-24(4)16-8-14(15(18(25)21-3)9-17(16)27-20)19(26)23-11-13-6-5-7-22-10-13/h5-10H,11-12H2,1-4H3,(H,21,25)(H,23,26). The maximum atomic E-state index is 12.8. The van der Waals surface area contributed by atoms with E-state index in [9.17, 15) is 9.59 Å². The van der Waals surface area contributed by atoms with Crippen LogP contribution in [-0.2, 0) is 6.54 Å². The first-order valence-electron chi connectivity index (χ1n) is 8.78. The summed E-state index contributed by atoms with van der Waals surface area (Å²) < 4.78 is 6.03. The highest BCUT2D eigenvalue weighted by Gasteiger charge is 2.32. The van der Waals surface area contributed by atoms with Gasteiger partial charge in [-0.15, -0.1) is 0 Å². The lowest BCUT2D eigenvalue weighted by Gasteiger charge is -2.39. The van der Waals surface area contributed by atoms with Gasteiger partial charge in [-0.25, -0.2) is 0 Å². The zero-order valence-electron chi connectivity index (χ0n) is 16.0. The maximum absolute atomic E-state index is 12.8. The first-order chi connectivity index (χ1) is 12.8. The minimum Gasteiger partial charge on any atom is -0.484 e. The summed E-state index contributed by atoms with van der Waals surface area (Å²) in [5.74, 6) is -0.0615. The number of ether oxygens (including phenoxy) is 1. The summed E-state index contributed by atoms with van der Waals surface area (Å²) in [7, 11) is 3.48. The number of carbonyl (C=O) groups excluding carboxylic acids is 2. The van der Waals surface area contributed by atoms with Crippen molar-refractivity contribution in [1.82, 2.24) is 15.6 Å². The van der Waals surface area contributed by atoms with Crippen LogP contribution in [0.2, 0.25) is 0 Å². The fourth-order valence-electron chi connectivity index (χ4n) is 3.23. The predicted octanol–water partition coefficient (Wildman–Crippen LogP) is 1.98. The fourth-order valence-corrected chi connectivity index (χ4v) is 3.23. The monoisotopic (exact) mass is 368 g/mol. The van der Waals surface area contributed by atoms with Crippen LogP contribution in [0.1, 0.15) is 40.1 Å². The molecule has 7 nitrogen and oxygen atoms in total. The first kappa shape index (κ1) is 18.7. The van der Waals surface area contributed by atoms with Crippen molar-refractivity contribution < 1.29 is 14.3 Å². The molecule has 7 heteroatoms. The average molecular weight is 368 g/mol. The molecule has 2 N–H and O–H groups in total. The Kier molecular flexibility index (Phi) is 5.03. The van der Waals surface area contributed by atoms with Crippen molar-refractivity contribution in [3.63, 3.8) is 0 Å². The summed E-state index contributed by atoms with van der Waals surface area (Å²) in [6.07, 6.45) is 3.37. The molecule has 2 heterocycles. The van der Waals surface area contributed by atoms with Gasteiger partial charge in [-0.1, -0.05) is 6.07 Å². The van der Waals surface area contributed by atoms with E-state index in [0.717, 1.165) is 11.3 Å². The van der Waals surface area contributed by atoms with Gasteiger partial charge in [-0.05, 0) is 37.6 Å². The van der Waals surface area contributed by atoms with Crippen molar-refractivity contribution in [2.75, 3.05) is 25.5 Å². The van der Waals surface area contributed by atoms with Gasteiger partial charge < -0.3 is 20.3 Å². The SMILES string of the molecule is CNC(=O)c1cc2c(cc1C(=O)NCc1cccnc1)N(C)CC(C)(C)O2. The molecule has 1 aliphatic heterocycles. The fraction of sp³-hybridized carbons (Fsp3) is 0.350. The number of hydrogen-bond acceptors (Lipinski definition) is 5. The lowest BCUT2D eigenvalue weighted by Crippen LogP contribution is -2.45. The van der Waals surface area contributed by atoms with Crippen molar-refractivity contribution in [1.29, 1.82) is 0 Å². The molecule has 2 amide bonds. The van der Waals surface area contributed by atoms with Crippen LogP contribution in [0.25, 0.3) is 0 Å². The van der Waals surface area contributed by atoms with E-state index in [2.05, 4.69) is 15.6 Å². The summed E-state index contributed by atoms with van der Waals surface area (Å²) in [4.78, 5) is 31.2. The Morgan fingerprint density at radius 2 is 2.00 bits per heavy atom. The molecule has 142 valence electrons. The highest BCUT2D eigenvalue weighted by molar-refractivity contribution is 6.08. The number of hydrogen-bond donors (Lipinski definition) is 2. The topological polar surface area (TPSA) is 83.6 Å². The number of rotatable bonds is 4. The second-order valence-electron chi connectivity index (χ2n) is 7.21. The van der Waals surface area contributed by atoms with Crippen LogP contribution in [0.15, 0.2) is 36.7 Å². The summed E-state index contributed by atoms with van der Waals surface area (Å²) in [5.41, 5.74) is 1.88. The lowest BCUT2D eigenvalue weighted by molar-refractivity contribution is 0.0916. The van der Waals surface area contributed by atoms with Gasteiger partial charge in [0.05, 0.1) is 23.4 Å². The minimum absolute atomic E-state index is 0.283. The zero-order chi connectivity index (χ0) is 19.6. The molecule has 27 heavy (non-hydrogen) atoms. The van der Waals surface area contributed by atoms with Crippen LogP contribution in [0.5, 0.6) is 5.75 Å². The summed E-state index contributed by atoms with van der Waals surface area (Å²) in [5, 5.41) is 5.45. The number of nitrogens with zero attached hydrogens (tertiary/aromatic N) is 2. The number of aromatic nitrogens is 1. The number of carbonyl (C=O) groups is 2. The van der Waals surface area contributed by atoms with E-state index in [1.807, 2.05) is 37.9 Å². The summed E-state index contributed by atoms with van der Waals surface area (Å²) >= 11 is 0. The Morgan fingerprint density at radius 1 is 1.26 bits per heavy atom. The third-order valence-corrected chi connectivity index (χ3v) is 4.41. The molecule has 1 aromatic heterocycles. The Morgan fingerprint density at radius 3 is 2.67 bits per heavy atom. The molecule has 2 aromatic rings. The van der Waals surface area contributed by atoms with Gasteiger partial charge in [0.1, 0.15) is 11.4 Å². The molecule has 0 spiro atoms. The molecular weight excluding hydrogens is 344 g/mol. The van der Waals surface area contributed by atoms with E-state index in [1.165, 1.54) is 7.05 Å². The van der Waals surface area contributed by atoms with E-state index in [0.29, 0.717) is 24.4 Å². The van der Waals surface area contributed by atoms with Crippen LogP contribution in [-0.4, -0.2) is 43.0 Å². The van der Waals surface area contributed by atoms with Crippen LogP contribution in [0.4, 0.5) is 5.69 Å². The van der Waals surface area contributed by atoms with Crippen molar-refractivity contribution >= 4 is 17.5 Å². The third kappa shape index (κ3) is 4.02. The third-order valence-electron chi connectivity index (χ3n) is 4.41. The van der Waals surface area contributed by atoms with Gasteiger partial charge in [0.15, 0.2) is 0 Å². The summed E-state index contributed by atoms with van der Waals surface area (Å²) in [6.45, 7) is 4.98. The second-order valence-corrected chi connectivity index (χ2v) is 7.21. The molecule has 3 rings (SSSR count). The molecule has 1 aromatic carbocycles. The second kappa shape index (κ2) is 7.26. The predicted molar refractivity (Wildman–Crippen MR) is 103 cm³/mol. The molecule has 0 radical (unpaired) electrons. The van der Waals surface area contributed by atoms with Crippen molar-refractivity contribution in [2.45, 2.75) is 26.0 Å². The van der Waals surface area contributed by atoms with Crippen molar-refractivity contribution in [3.05, 3.63) is 53.3 Å². The van der Waals surface area contributed by atoms with Gasteiger partial charge in [-0.3, -0.25) is 14.6 Å². The average Bonchev–Trinajstić information content (AvgIpc) is 2.64. The van der Waals surface area contributed by atoms with Crippen molar-refractivity contribution in [2.24, 2.45) is 0 Å². The van der Waals surface area contributed by atoms with E-state index in [1.54, 1.807) is 24.5 Å². The highest BCUT2D eigenvalue weighted by Crippen LogP contribution is 2.38. The quantitative estimate of drug-likeness (QED) is 0.862. The van der Waals surface area contributed by atoms with E-state index >= 15 is 0 Å². The van der Waals surface area contributed by atoms with Crippen LogP contribution in [0.3, 0.4) is 0 Å². The molecule has 0 bridgehead atoms. The minimum atomic E-state index is -0.383. The molecule has 0 aliphatic carbocycles. The van der Waals surface area contributed by atoms with Crippen molar-refractivity contribution in [3.8, 4) is 5.75 Å². The molecule has 0 fully saturated rings. The van der Waals surface area contributed by atoms with Crippen LogP contribution < -0.4 is 20.3 Å². The lowest BCUT2D eigenvalue weighted by atomic mass is 10.00. The summed E-state index contributed by atoms with van der Waals surface area (Å²) in [6, 6.07) is 7.05. The maximum Gasteiger partial charge on any atom is 0.252 e. The number of pyridine rings is 1. The smallest absolute Gasteiger partial charge is 0.252 e. The van der Waals surface area contributed by atoms with E-state index in [4.69, 9.17) is 4.74 Å². The van der Waals surface area contributed by atoms with Gasteiger partial charge in [0, 0.05) is 33.0 Å². The van der Waals surface area contributed by atoms with Gasteiger partial charge in [0.2, 0.25) is 0 Å². The number of benzene rings is 1. The molecule has 0 atom stereocenters. The Balaban J connectivity index is 1.94. The Hall–Kier alpha value is -3.09. The normalized spacial score (nSPS) is 14.7. The molecule has 0 unspecified atom stereocenters. The Labute approximate surface area is 158 Å².